The van der Waals surface area contributed by atoms with Crippen LogP contribution >= 0.6 is 0 Å². The van der Waals surface area contributed by atoms with Crippen molar-refractivity contribution in [3.8, 4) is 11.5 Å². The van der Waals surface area contributed by atoms with E-state index in [0.717, 1.165) is 22.6 Å². The van der Waals surface area contributed by atoms with Gasteiger partial charge in [0.1, 0.15) is 17.0 Å². The number of carboxylic acids is 1. The van der Waals surface area contributed by atoms with Crippen LogP contribution in [0.1, 0.15) is 53.4 Å². The first-order valence-corrected chi connectivity index (χ1v) is 14.3. The highest BCUT2D eigenvalue weighted by Crippen LogP contribution is 2.39. The van der Waals surface area contributed by atoms with E-state index < -0.39 is 38.8 Å². The first-order valence-electron chi connectivity index (χ1n) is 12.9. The lowest BCUT2D eigenvalue weighted by Crippen LogP contribution is -2.61. The Labute approximate surface area is 241 Å². The molecule has 1 aliphatic heterocycles. The van der Waals surface area contributed by atoms with Gasteiger partial charge in [-0.25, -0.2) is 4.79 Å². The molecule has 1 N–H and O–H groups in total. The second kappa shape index (κ2) is 11.0. The predicted molar refractivity (Wildman–Crippen MR) is 148 cm³/mol. The number of nitrogens with zero attached hydrogens (tertiary/aromatic N) is 1. The Bertz CT molecular complexity index is 1620. The number of halogens is 3. The van der Waals surface area contributed by atoms with E-state index in [0.29, 0.717) is 16.9 Å². The fraction of sp³-hybridized carbons (Fsp3) is 0.333. The molecule has 0 aromatic heterocycles. The molecule has 0 saturated heterocycles. The molecule has 1 amide bonds. The predicted octanol–water partition coefficient (Wildman–Crippen LogP) is 5.49. The van der Waals surface area contributed by atoms with Gasteiger partial charge in [0.05, 0.1) is 7.11 Å². The molecule has 0 fully saturated rings. The van der Waals surface area contributed by atoms with Crippen molar-refractivity contribution in [3.63, 3.8) is 0 Å². The number of carbonyl (C=O) groups excluding carboxylic acids is 1. The fourth-order valence-electron chi connectivity index (χ4n) is 5.10. The molecular formula is C30H30F3NO7S. The molecular weight excluding hydrogens is 575 g/mol. The molecule has 4 rings (SSSR count). The van der Waals surface area contributed by atoms with Crippen LogP contribution in [-0.4, -0.2) is 48.5 Å². The van der Waals surface area contributed by atoms with Crippen LogP contribution in [0.3, 0.4) is 0 Å². The third kappa shape index (κ3) is 5.94. The molecule has 1 heterocycles. The second-order valence-electron chi connectivity index (χ2n) is 11.1. The van der Waals surface area contributed by atoms with Crippen molar-refractivity contribution >= 4 is 22.0 Å². The maximum atomic E-state index is 14.1. The van der Waals surface area contributed by atoms with Crippen molar-refractivity contribution in [2.75, 3.05) is 7.11 Å². The molecule has 42 heavy (non-hydrogen) atoms. The van der Waals surface area contributed by atoms with Gasteiger partial charge in [-0.1, -0.05) is 63.2 Å². The number of benzene rings is 3. The monoisotopic (exact) mass is 605 g/mol. The van der Waals surface area contributed by atoms with E-state index in [1.54, 1.807) is 42.5 Å². The van der Waals surface area contributed by atoms with Crippen LogP contribution in [0.2, 0.25) is 0 Å². The van der Waals surface area contributed by atoms with Crippen molar-refractivity contribution in [2.24, 2.45) is 0 Å². The molecule has 1 atom stereocenters. The molecule has 1 unspecified atom stereocenters. The van der Waals surface area contributed by atoms with E-state index in [1.807, 2.05) is 20.8 Å². The summed E-state index contributed by atoms with van der Waals surface area (Å²) in [7, 11) is -4.48. The minimum atomic E-state index is -5.94. The van der Waals surface area contributed by atoms with E-state index in [4.69, 9.17) is 4.74 Å². The van der Waals surface area contributed by atoms with Crippen LogP contribution in [0.25, 0.3) is 0 Å². The van der Waals surface area contributed by atoms with Gasteiger partial charge in [0.25, 0.3) is 5.91 Å². The molecule has 0 radical (unpaired) electrons. The van der Waals surface area contributed by atoms with Crippen molar-refractivity contribution in [3.05, 3.63) is 94.5 Å². The largest absolute Gasteiger partial charge is 0.534 e. The van der Waals surface area contributed by atoms with E-state index in [1.165, 1.54) is 19.2 Å². The Hall–Kier alpha value is -4.06. The zero-order valence-electron chi connectivity index (χ0n) is 23.4. The van der Waals surface area contributed by atoms with E-state index in [9.17, 15) is 36.3 Å². The van der Waals surface area contributed by atoms with Gasteiger partial charge in [0, 0.05) is 24.9 Å². The number of hydrogen-bond acceptors (Lipinski definition) is 6. The third-order valence-electron chi connectivity index (χ3n) is 7.23. The van der Waals surface area contributed by atoms with Gasteiger partial charge in [0.2, 0.25) is 0 Å². The van der Waals surface area contributed by atoms with Crippen LogP contribution in [0.4, 0.5) is 13.2 Å². The van der Waals surface area contributed by atoms with E-state index in [-0.39, 0.29) is 35.9 Å². The van der Waals surface area contributed by atoms with E-state index >= 15 is 0 Å². The van der Waals surface area contributed by atoms with Gasteiger partial charge in [-0.2, -0.15) is 21.6 Å². The van der Waals surface area contributed by atoms with Crippen LogP contribution < -0.4 is 8.92 Å². The minimum absolute atomic E-state index is 0.0632. The number of fused-ring (bicyclic) bond motifs is 1. The van der Waals surface area contributed by atoms with Crippen LogP contribution in [0.15, 0.2) is 66.7 Å². The van der Waals surface area contributed by atoms with Gasteiger partial charge in [-0.15, -0.1) is 0 Å². The zero-order valence-corrected chi connectivity index (χ0v) is 24.2. The summed E-state index contributed by atoms with van der Waals surface area (Å²) in [6, 6.07) is 17.0. The summed E-state index contributed by atoms with van der Waals surface area (Å²) in [5.41, 5.74) is -5.43. The van der Waals surface area contributed by atoms with Gasteiger partial charge < -0.3 is 18.9 Å². The summed E-state index contributed by atoms with van der Waals surface area (Å²) >= 11 is 0. The number of alkyl halides is 3. The Balaban J connectivity index is 1.84. The van der Waals surface area contributed by atoms with Crippen LogP contribution in [0, 0.1) is 0 Å². The van der Waals surface area contributed by atoms with Gasteiger partial charge in [-0.05, 0) is 51.9 Å². The summed E-state index contributed by atoms with van der Waals surface area (Å²) in [5, 5.41) is 10.6. The molecule has 12 heteroatoms. The summed E-state index contributed by atoms with van der Waals surface area (Å²) < 4.78 is 71.8. The first-order chi connectivity index (χ1) is 19.5. The van der Waals surface area contributed by atoms with Gasteiger partial charge in [0.15, 0.2) is 0 Å². The number of aliphatic carboxylic acids is 1. The van der Waals surface area contributed by atoms with E-state index in [2.05, 4.69) is 4.18 Å². The summed E-state index contributed by atoms with van der Waals surface area (Å²) in [4.78, 5) is 28.4. The lowest BCUT2D eigenvalue weighted by Gasteiger charge is -2.45. The number of carboxylic acid groups (broad SMARTS) is 1. The average molecular weight is 606 g/mol. The third-order valence-corrected chi connectivity index (χ3v) is 8.21. The number of rotatable bonds is 7. The smallest absolute Gasteiger partial charge is 0.496 e. The highest BCUT2D eigenvalue weighted by Gasteiger charge is 2.51. The fourth-order valence-corrected chi connectivity index (χ4v) is 5.56. The number of ether oxygens (including phenoxy) is 1. The SMILES string of the molecule is COc1cc(C(=O)N2Cc3cc(OS(=O)(=O)C(F)(F)F)ccc3CC2(Cc2ccccc2)C(=O)O)ccc1C(C)(C)C. The lowest BCUT2D eigenvalue weighted by atomic mass is 9.78. The topological polar surface area (TPSA) is 110 Å². The number of hydrogen-bond donors (Lipinski definition) is 1. The van der Waals surface area contributed by atoms with Gasteiger partial charge in [-0.3, -0.25) is 4.79 Å². The average Bonchev–Trinajstić information content (AvgIpc) is 2.91. The quantitative estimate of drug-likeness (QED) is 0.280. The summed E-state index contributed by atoms with van der Waals surface area (Å²) in [6.07, 6.45) is -0.256. The standard InChI is InChI=1S/C30H30F3NO7S/c1-28(2,3)24-13-11-20(15-25(24)40-4)26(35)34-18-22-14-23(41-42(38,39)30(31,32)33)12-10-21(22)17-29(34,27(36)37)16-19-8-6-5-7-9-19/h5-15H,16-18H2,1-4H3,(H,36,37). The Morgan fingerprint density at radius 1 is 0.976 bits per heavy atom. The first kappa shape index (κ1) is 30.9. The highest BCUT2D eigenvalue weighted by molar-refractivity contribution is 7.88. The van der Waals surface area contributed by atoms with Gasteiger partial charge >= 0.3 is 21.6 Å². The number of carbonyl (C=O) groups is 2. The normalized spacial score (nSPS) is 17.4. The molecule has 0 aliphatic carbocycles. The minimum Gasteiger partial charge on any atom is -0.496 e. The highest BCUT2D eigenvalue weighted by atomic mass is 32.2. The van der Waals surface area contributed by atoms with Crippen molar-refractivity contribution in [2.45, 2.75) is 56.6 Å². The van der Waals surface area contributed by atoms with Crippen molar-refractivity contribution in [1.29, 1.82) is 0 Å². The lowest BCUT2D eigenvalue weighted by molar-refractivity contribution is -0.151. The zero-order chi connectivity index (χ0) is 31.1. The second-order valence-corrected chi connectivity index (χ2v) is 12.7. The molecule has 224 valence electrons. The molecule has 0 spiro atoms. The maximum absolute atomic E-state index is 14.1. The molecule has 1 aliphatic rings. The molecule has 0 bridgehead atoms. The van der Waals surface area contributed by atoms with Crippen LogP contribution in [0.5, 0.6) is 11.5 Å². The maximum Gasteiger partial charge on any atom is 0.534 e. The van der Waals surface area contributed by atoms with Crippen molar-refractivity contribution < 1.29 is 45.2 Å². The Morgan fingerprint density at radius 3 is 2.21 bits per heavy atom. The molecule has 3 aromatic rings. The molecule has 8 nitrogen and oxygen atoms in total. The summed E-state index contributed by atoms with van der Waals surface area (Å²) in [5.74, 6) is -2.10. The number of methoxy groups -OCH3 is 1. The Morgan fingerprint density at radius 2 is 1.64 bits per heavy atom. The van der Waals surface area contributed by atoms with Crippen LogP contribution in [-0.2, 0) is 39.7 Å². The van der Waals surface area contributed by atoms with Crippen molar-refractivity contribution in [1.82, 2.24) is 4.90 Å². The summed E-state index contributed by atoms with van der Waals surface area (Å²) in [6.45, 7) is 5.59. The molecule has 3 aromatic carbocycles. The molecule has 0 saturated carbocycles. The number of amides is 1. The Kier molecular flexibility index (Phi) is 8.07.